The molecular formula is C20H21NO7. The second-order valence-electron chi connectivity index (χ2n) is 6.32. The third-order valence-corrected chi connectivity index (χ3v) is 4.12. The maximum atomic E-state index is 12.1. The average molecular weight is 387 g/mol. The molecule has 3 rings (SSSR count). The fourth-order valence-corrected chi connectivity index (χ4v) is 2.71. The second-order valence-corrected chi connectivity index (χ2v) is 6.32. The monoisotopic (exact) mass is 387 g/mol. The Morgan fingerprint density at radius 2 is 1.71 bits per heavy atom. The fourth-order valence-electron chi connectivity index (χ4n) is 2.71. The molecule has 0 radical (unpaired) electrons. The molecule has 148 valence electrons. The maximum Gasteiger partial charge on any atom is 0.338 e. The van der Waals surface area contributed by atoms with Crippen LogP contribution in [0.15, 0.2) is 54.6 Å². The molecule has 1 aliphatic heterocycles. The number of hydrogen-bond donors (Lipinski definition) is 0. The van der Waals surface area contributed by atoms with Crippen molar-refractivity contribution in [3.63, 3.8) is 0 Å². The number of carbonyl (C=O) groups excluding carboxylic acids is 1. The molecule has 1 aliphatic rings. The Morgan fingerprint density at radius 1 is 1.04 bits per heavy atom. The summed E-state index contributed by atoms with van der Waals surface area (Å²) < 4.78 is 22.3. The lowest BCUT2D eigenvalue weighted by Gasteiger charge is -2.29. The van der Waals surface area contributed by atoms with Gasteiger partial charge in [0.2, 0.25) is 0 Å². The van der Waals surface area contributed by atoms with Crippen LogP contribution in [0.4, 0.5) is 5.69 Å². The summed E-state index contributed by atoms with van der Waals surface area (Å²) in [7, 11) is 0. The van der Waals surface area contributed by atoms with Crippen molar-refractivity contribution in [3.05, 3.63) is 75.8 Å². The van der Waals surface area contributed by atoms with Gasteiger partial charge in [-0.2, -0.15) is 0 Å². The van der Waals surface area contributed by atoms with E-state index >= 15 is 0 Å². The van der Waals surface area contributed by atoms with Crippen LogP contribution >= 0.6 is 0 Å². The predicted octanol–water partition coefficient (Wildman–Crippen LogP) is 2.75. The number of nitro benzene ring substituents is 1. The van der Waals surface area contributed by atoms with Crippen LogP contribution in [0, 0.1) is 10.1 Å². The molecule has 0 aliphatic carbocycles. The van der Waals surface area contributed by atoms with Crippen LogP contribution in [0.1, 0.15) is 15.9 Å². The van der Waals surface area contributed by atoms with Crippen LogP contribution in [0.2, 0.25) is 0 Å². The second kappa shape index (κ2) is 9.93. The van der Waals surface area contributed by atoms with Gasteiger partial charge in [0.25, 0.3) is 5.69 Å². The average Bonchev–Trinajstić information content (AvgIpc) is 2.73. The predicted molar refractivity (Wildman–Crippen MR) is 99.0 cm³/mol. The van der Waals surface area contributed by atoms with Crippen LogP contribution in [0.5, 0.6) is 0 Å². The summed E-state index contributed by atoms with van der Waals surface area (Å²) in [4.78, 5) is 22.2. The molecular weight excluding hydrogens is 366 g/mol. The van der Waals surface area contributed by atoms with Crippen molar-refractivity contribution in [2.45, 2.75) is 18.8 Å². The number of hydrogen-bond acceptors (Lipinski definition) is 7. The normalized spacial score (nSPS) is 19.1. The molecule has 8 heteroatoms. The van der Waals surface area contributed by atoms with Gasteiger partial charge in [0.05, 0.1) is 36.9 Å². The van der Waals surface area contributed by atoms with E-state index in [0.29, 0.717) is 26.4 Å². The molecule has 28 heavy (non-hydrogen) atoms. The van der Waals surface area contributed by atoms with Crippen molar-refractivity contribution in [2.24, 2.45) is 0 Å². The van der Waals surface area contributed by atoms with E-state index in [1.807, 2.05) is 30.3 Å². The number of benzene rings is 2. The maximum absolute atomic E-state index is 12.1. The molecule has 1 saturated heterocycles. The standard InChI is InChI=1S/C20H21NO7/c22-20(16-6-8-17(9-7-16)21(23)24)27-14-19-13-26-12-18(28-19)11-25-10-15-4-2-1-3-5-15/h1-9,18-19H,10-14H2. The third-order valence-electron chi connectivity index (χ3n) is 4.12. The minimum absolute atomic E-state index is 0.0327. The van der Waals surface area contributed by atoms with E-state index in [0.717, 1.165) is 5.56 Å². The summed E-state index contributed by atoms with van der Waals surface area (Å²) in [6.45, 7) is 1.64. The Labute approximate surface area is 162 Å². The molecule has 0 saturated carbocycles. The molecule has 2 unspecified atom stereocenters. The van der Waals surface area contributed by atoms with Crippen molar-refractivity contribution in [1.82, 2.24) is 0 Å². The van der Waals surface area contributed by atoms with E-state index in [2.05, 4.69) is 0 Å². The minimum atomic E-state index is -0.569. The van der Waals surface area contributed by atoms with E-state index in [-0.39, 0.29) is 30.1 Å². The van der Waals surface area contributed by atoms with Gasteiger partial charge in [-0.3, -0.25) is 10.1 Å². The lowest BCUT2D eigenvalue weighted by molar-refractivity contribution is -0.384. The van der Waals surface area contributed by atoms with Crippen molar-refractivity contribution in [2.75, 3.05) is 26.4 Å². The summed E-state index contributed by atoms with van der Waals surface area (Å²) in [6.07, 6.45) is -0.624. The van der Waals surface area contributed by atoms with Crippen LogP contribution in [-0.4, -0.2) is 49.5 Å². The molecule has 2 aromatic carbocycles. The number of nitrogens with zero attached hydrogens (tertiary/aromatic N) is 1. The van der Waals surface area contributed by atoms with Crippen molar-refractivity contribution < 1.29 is 28.7 Å². The van der Waals surface area contributed by atoms with Gasteiger partial charge >= 0.3 is 5.97 Å². The first kappa shape index (κ1) is 19.9. The zero-order valence-electron chi connectivity index (χ0n) is 15.2. The molecule has 2 atom stereocenters. The number of rotatable bonds is 8. The molecule has 2 aromatic rings. The Kier molecular flexibility index (Phi) is 7.07. The number of nitro groups is 1. The lowest BCUT2D eigenvalue weighted by atomic mass is 10.2. The van der Waals surface area contributed by atoms with Gasteiger partial charge in [0.1, 0.15) is 18.8 Å². The van der Waals surface area contributed by atoms with Crippen LogP contribution in [0.25, 0.3) is 0 Å². The Bertz CT molecular complexity index is 779. The summed E-state index contributed by atoms with van der Waals surface area (Å²) in [5.74, 6) is -0.569. The van der Waals surface area contributed by atoms with Crippen LogP contribution < -0.4 is 0 Å². The van der Waals surface area contributed by atoms with E-state index in [1.54, 1.807) is 0 Å². The van der Waals surface area contributed by atoms with Gasteiger partial charge in [-0.1, -0.05) is 30.3 Å². The number of ether oxygens (including phenoxy) is 4. The largest absolute Gasteiger partial charge is 0.459 e. The molecule has 0 amide bonds. The van der Waals surface area contributed by atoms with Gasteiger partial charge in [0, 0.05) is 12.1 Å². The highest BCUT2D eigenvalue weighted by Gasteiger charge is 2.25. The van der Waals surface area contributed by atoms with Crippen molar-refractivity contribution >= 4 is 11.7 Å². The topological polar surface area (TPSA) is 97.1 Å². The first-order chi connectivity index (χ1) is 13.6. The number of non-ortho nitro benzene ring substituents is 1. The molecule has 1 heterocycles. The molecule has 8 nitrogen and oxygen atoms in total. The van der Waals surface area contributed by atoms with Gasteiger partial charge in [0.15, 0.2) is 0 Å². The van der Waals surface area contributed by atoms with Crippen molar-refractivity contribution in [3.8, 4) is 0 Å². The number of esters is 1. The smallest absolute Gasteiger partial charge is 0.338 e. The van der Waals surface area contributed by atoms with Gasteiger partial charge in [-0.25, -0.2) is 4.79 Å². The molecule has 0 spiro atoms. The SMILES string of the molecule is O=C(OCC1COCC(COCc2ccccc2)O1)c1ccc([N+](=O)[O-])cc1. The highest BCUT2D eigenvalue weighted by molar-refractivity contribution is 5.89. The van der Waals surface area contributed by atoms with E-state index < -0.39 is 10.9 Å². The molecule has 0 N–H and O–H groups in total. The van der Waals surface area contributed by atoms with Crippen LogP contribution in [-0.2, 0) is 25.6 Å². The van der Waals surface area contributed by atoms with Crippen molar-refractivity contribution in [1.29, 1.82) is 0 Å². The Hall–Kier alpha value is -2.81. The summed E-state index contributed by atoms with van der Waals surface area (Å²) >= 11 is 0. The molecule has 0 aromatic heterocycles. The third kappa shape index (κ3) is 5.85. The molecule has 0 bridgehead atoms. The van der Waals surface area contributed by atoms with Gasteiger partial charge < -0.3 is 18.9 Å². The van der Waals surface area contributed by atoms with Crippen LogP contribution in [0.3, 0.4) is 0 Å². The highest BCUT2D eigenvalue weighted by Crippen LogP contribution is 2.14. The first-order valence-electron chi connectivity index (χ1n) is 8.88. The lowest BCUT2D eigenvalue weighted by Crippen LogP contribution is -2.41. The Balaban J connectivity index is 1.40. The van der Waals surface area contributed by atoms with E-state index in [9.17, 15) is 14.9 Å². The number of carbonyl (C=O) groups is 1. The zero-order chi connectivity index (χ0) is 19.8. The molecule has 1 fully saturated rings. The highest BCUT2D eigenvalue weighted by atomic mass is 16.6. The summed E-state index contributed by atoms with van der Waals surface area (Å²) in [6, 6.07) is 15.1. The van der Waals surface area contributed by atoms with Gasteiger partial charge in [-0.05, 0) is 17.7 Å². The summed E-state index contributed by atoms with van der Waals surface area (Å²) in [5.41, 5.74) is 1.23. The first-order valence-corrected chi connectivity index (χ1v) is 8.88. The fraction of sp³-hybridized carbons (Fsp3) is 0.350. The quantitative estimate of drug-likeness (QED) is 0.390. The minimum Gasteiger partial charge on any atom is -0.459 e. The summed E-state index contributed by atoms with van der Waals surface area (Å²) in [5, 5.41) is 10.6. The van der Waals surface area contributed by atoms with Gasteiger partial charge in [-0.15, -0.1) is 0 Å². The zero-order valence-corrected chi connectivity index (χ0v) is 15.2. The van der Waals surface area contributed by atoms with E-state index in [1.165, 1.54) is 24.3 Å². The Morgan fingerprint density at radius 3 is 2.39 bits per heavy atom. The van der Waals surface area contributed by atoms with E-state index in [4.69, 9.17) is 18.9 Å².